The molecular weight excluding hydrogens is 384 g/mol. The Balaban J connectivity index is 1.73. The molecule has 9 heteroatoms. The van der Waals surface area contributed by atoms with Crippen LogP contribution >= 0.6 is 0 Å². The largest absolute Gasteiger partial charge is 0.497 e. The Morgan fingerprint density at radius 3 is 2.53 bits per heavy atom. The minimum Gasteiger partial charge on any atom is -0.497 e. The van der Waals surface area contributed by atoms with Crippen molar-refractivity contribution in [3.8, 4) is 11.5 Å². The van der Waals surface area contributed by atoms with Gasteiger partial charge < -0.3 is 20.1 Å². The predicted octanol–water partition coefficient (Wildman–Crippen LogP) is 0.675. The topological polar surface area (TPSA) is 110 Å². The first-order chi connectivity index (χ1) is 14.6. The first kappa shape index (κ1) is 20.6. The Morgan fingerprint density at radius 1 is 1.17 bits per heavy atom. The summed E-state index contributed by atoms with van der Waals surface area (Å²) in [6, 6.07) is 6.15. The van der Waals surface area contributed by atoms with E-state index in [2.05, 4.69) is 15.5 Å². The van der Waals surface area contributed by atoms with Crippen LogP contribution in [0.1, 0.15) is 62.0 Å². The summed E-state index contributed by atoms with van der Waals surface area (Å²) in [7, 11) is 3.32. The number of tetrazole rings is 1. The molecule has 3 N–H and O–H groups in total. The number of nitrogens with zero attached hydrogens (tertiary/aromatic N) is 4. The average molecular weight is 416 g/mol. The van der Waals surface area contributed by atoms with Crippen LogP contribution in [0.2, 0.25) is 0 Å². The number of benzene rings is 1. The number of amides is 1. The molecule has 2 aliphatic rings. The Morgan fingerprint density at radius 2 is 1.90 bits per heavy atom. The zero-order valence-corrected chi connectivity index (χ0v) is 17.7. The van der Waals surface area contributed by atoms with Gasteiger partial charge in [0.2, 0.25) is 11.7 Å². The number of quaternary nitrogens is 1. The molecule has 1 aliphatic heterocycles. The van der Waals surface area contributed by atoms with Crippen LogP contribution in [0.3, 0.4) is 0 Å². The molecule has 2 aromatic rings. The molecule has 162 valence electrons. The molecule has 0 spiro atoms. The van der Waals surface area contributed by atoms with Gasteiger partial charge in [-0.3, -0.25) is 4.79 Å². The molecule has 1 aromatic heterocycles. The van der Waals surface area contributed by atoms with Gasteiger partial charge in [-0.1, -0.05) is 12.8 Å². The van der Waals surface area contributed by atoms with E-state index in [4.69, 9.17) is 15.2 Å². The van der Waals surface area contributed by atoms with Crippen molar-refractivity contribution < 1.29 is 19.2 Å². The first-order valence-electron chi connectivity index (χ1n) is 10.8. The first-order valence-corrected chi connectivity index (χ1v) is 10.8. The fraction of sp³-hybridized carbons (Fsp3) is 0.619. The standard InChI is InChI=1S/C21H30N6O3/c1-29-16-7-8-17(18(13-16)30-2)19(26-11-9-14(10-12-26)20(22)28)21-23-24-25-27(21)15-5-3-4-6-15/h7-8,13-15,19H,3-6,9-12H2,1-2H3,(H2,22,28)/p+1/t19-/m0/s1. The molecule has 1 saturated heterocycles. The summed E-state index contributed by atoms with van der Waals surface area (Å²) >= 11 is 0. The summed E-state index contributed by atoms with van der Waals surface area (Å²) in [5, 5.41) is 12.9. The minimum atomic E-state index is -0.205. The van der Waals surface area contributed by atoms with E-state index in [1.54, 1.807) is 14.2 Å². The lowest BCUT2D eigenvalue weighted by molar-refractivity contribution is -0.931. The van der Waals surface area contributed by atoms with Crippen molar-refractivity contribution in [3.05, 3.63) is 29.6 Å². The maximum atomic E-state index is 11.7. The van der Waals surface area contributed by atoms with Crippen LogP contribution in [0.25, 0.3) is 0 Å². The maximum Gasteiger partial charge on any atom is 0.220 e. The minimum absolute atomic E-state index is 0.0574. The number of carbonyl (C=O) groups excluding carboxylic acids is 1. The summed E-state index contributed by atoms with van der Waals surface area (Å²) in [4.78, 5) is 13.0. The van der Waals surface area contributed by atoms with Gasteiger partial charge in [-0.15, -0.1) is 5.10 Å². The van der Waals surface area contributed by atoms with Gasteiger partial charge in [0.1, 0.15) is 11.5 Å². The van der Waals surface area contributed by atoms with Gasteiger partial charge in [0.05, 0.1) is 38.9 Å². The van der Waals surface area contributed by atoms with E-state index in [9.17, 15) is 4.79 Å². The number of nitrogens with one attached hydrogen (secondary N) is 1. The highest BCUT2D eigenvalue weighted by Crippen LogP contribution is 2.35. The van der Waals surface area contributed by atoms with Gasteiger partial charge >= 0.3 is 0 Å². The van der Waals surface area contributed by atoms with Crippen molar-refractivity contribution in [1.82, 2.24) is 20.2 Å². The van der Waals surface area contributed by atoms with Crippen LogP contribution in [0.5, 0.6) is 11.5 Å². The summed E-state index contributed by atoms with van der Waals surface area (Å²) in [5.74, 6) is 2.09. The molecule has 0 unspecified atom stereocenters. The molecule has 30 heavy (non-hydrogen) atoms. The zero-order valence-electron chi connectivity index (χ0n) is 17.7. The number of aromatic nitrogens is 4. The van der Waals surface area contributed by atoms with Crippen molar-refractivity contribution in [2.24, 2.45) is 11.7 Å². The Labute approximate surface area is 176 Å². The third-order valence-corrected chi connectivity index (χ3v) is 6.64. The Hall–Kier alpha value is -2.68. The second-order valence-corrected chi connectivity index (χ2v) is 8.30. The van der Waals surface area contributed by atoms with E-state index in [1.165, 1.54) is 17.7 Å². The highest BCUT2D eigenvalue weighted by Gasteiger charge is 2.39. The van der Waals surface area contributed by atoms with E-state index in [-0.39, 0.29) is 17.9 Å². The second kappa shape index (κ2) is 8.99. The van der Waals surface area contributed by atoms with Crippen LogP contribution in [-0.4, -0.2) is 53.4 Å². The number of likely N-dealkylation sites (tertiary alicyclic amines) is 1. The SMILES string of the molecule is COc1ccc([C@@H](c2nnnn2C2CCCC2)[NH+]2CCC(C(N)=O)CC2)c(OC)c1. The van der Waals surface area contributed by atoms with E-state index in [0.29, 0.717) is 6.04 Å². The molecule has 1 aromatic carbocycles. The molecule has 1 amide bonds. The lowest BCUT2D eigenvalue weighted by Gasteiger charge is -2.34. The molecule has 2 fully saturated rings. The van der Waals surface area contributed by atoms with Crippen molar-refractivity contribution in [2.75, 3.05) is 27.3 Å². The van der Waals surface area contributed by atoms with Crippen LogP contribution in [0.4, 0.5) is 0 Å². The normalized spacial score (nSPS) is 23.3. The fourth-order valence-electron chi connectivity index (χ4n) is 4.96. The zero-order chi connectivity index (χ0) is 21.1. The third-order valence-electron chi connectivity index (χ3n) is 6.64. The number of rotatable bonds is 7. The molecule has 1 atom stereocenters. The van der Waals surface area contributed by atoms with Gasteiger partial charge in [-0.25, -0.2) is 4.68 Å². The maximum absolute atomic E-state index is 11.7. The van der Waals surface area contributed by atoms with Gasteiger partial charge in [0.25, 0.3) is 0 Å². The highest BCUT2D eigenvalue weighted by atomic mass is 16.5. The molecule has 0 bridgehead atoms. The number of methoxy groups -OCH3 is 2. The summed E-state index contributed by atoms with van der Waals surface area (Å²) in [6.07, 6.45) is 6.15. The number of hydrogen-bond donors (Lipinski definition) is 2. The van der Waals surface area contributed by atoms with Crippen molar-refractivity contribution in [3.63, 3.8) is 0 Å². The Kier molecular flexibility index (Phi) is 6.17. The molecule has 9 nitrogen and oxygen atoms in total. The number of carbonyl (C=O) groups is 1. The van der Waals surface area contributed by atoms with Crippen molar-refractivity contribution >= 4 is 5.91 Å². The lowest BCUT2D eigenvalue weighted by atomic mass is 9.93. The summed E-state index contributed by atoms with van der Waals surface area (Å²) < 4.78 is 13.1. The number of primary amides is 1. The van der Waals surface area contributed by atoms with E-state index < -0.39 is 0 Å². The monoisotopic (exact) mass is 415 g/mol. The van der Waals surface area contributed by atoms with Crippen molar-refractivity contribution in [2.45, 2.75) is 50.6 Å². The van der Waals surface area contributed by atoms with Gasteiger partial charge in [0, 0.05) is 24.8 Å². The molecule has 1 aliphatic carbocycles. The molecular formula is C21H31N6O3+. The highest BCUT2D eigenvalue weighted by molar-refractivity contribution is 5.76. The lowest BCUT2D eigenvalue weighted by Crippen LogP contribution is -3.13. The number of ether oxygens (including phenoxy) is 2. The molecule has 4 rings (SSSR count). The third kappa shape index (κ3) is 3.98. The quantitative estimate of drug-likeness (QED) is 0.688. The van der Waals surface area contributed by atoms with E-state index in [0.717, 1.165) is 61.7 Å². The van der Waals surface area contributed by atoms with Gasteiger partial charge in [0.15, 0.2) is 6.04 Å². The van der Waals surface area contributed by atoms with Gasteiger partial charge in [-0.05, 0) is 35.4 Å². The van der Waals surface area contributed by atoms with E-state index in [1.807, 2.05) is 22.9 Å². The fourth-order valence-corrected chi connectivity index (χ4v) is 4.96. The van der Waals surface area contributed by atoms with Gasteiger partial charge in [-0.2, -0.15) is 0 Å². The van der Waals surface area contributed by atoms with Crippen LogP contribution < -0.4 is 20.1 Å². The second-order valence-electron chi connectivity index (χ2n) is 8.30. The number of piperidine rings is 1. The number of hydrogen-bond acceptors (Lipinski definition) is 6. The molecule has 1 saturated carbocycles. The average Bonchev–Trinajstić information content (AvgIpc) is 3.46. The van der Waals surface area contributed by atoms with E-state index >= 15 is 0 Å². The van der Waals surface area contributed by atoms with Crippen LogP contribution in [-0.2, 0) is 4.79 Å². The van der Waals surface area contributed by atoms with Crippen LogP contribution in [0.15, 0.2) is 18.2 Å². The number of nitrogens with two attached hydrogens (primary N) is 1. The summed E-state index contributed by atoms with van der Waals surface area (Å²) in [5.41, 5.74) is 6.59. The van der Waals surface area contributed by atoms with Crippen LogP contribution in [0, 0.1) is 5.92 Å². The predicted molar refractivity (Wildman–Crippen MR) is 109 cm³/mol. The molecule has 2 heterocycles. The Bertz CT molecular complexity index is 871. The smallest absolute Gasteiger partial charge is 0.220 e. The van der Waals surface area contributed by atoms with Crippen molar-refractivity contribution in [1.29, 1.82) is 0 Å². The summed E-state index contributed by atoms with van der Waals surface area (Å²) in [6.45, 7) is 1.65. The molecule has 0 radical (unpaired) electrons.